The third kappa shape index (κ3) is 6.48. The van der Waals surface area contributed by atoms with Gasteiger partial charge in [0.1, 0.15) is 0 Å². The highest BCUT2D eigenvalue weighted by Crippen LogP contribution is 2.35. The number of carboxylic acid groups (broad SMARTS) is 1. The Labute approximate surface area is 192 Å². The molecular formula is C27H28F3NO2. The number of halogens is 3. The number of hydrogen-bond acceptors (Lipinski definition) is 1. The molecule has 3 aromatic rings. The van der Waals surface area contributed by atoms with Gasteiger partial charge in [0.05, 0.1) is 11.1 Å². The zero-order valence-electron chi connectivity index (χ0n) is 19.1. The Balaban J connectivity index is 0.000000890. The molecule has 0 fully saturated rings. The first-order valence-corrected chi connectivity index (χ1v) is 10.6. The van der Waals surface area contributed by atoms with Gasteiger partial charge in [0.2, 0.25) is 0 Å². The molecule has 0 saturated carbocycles. The first-order chi connectivity index (χ1) is 15.6. The van der Waals surface area contributed by atoms with E-state index in [-0.39, 0.29) is 5.56 Å². The van der Waals surface area contributed by atoms with Gasteiger partial charge < -0.3 is 9.67 Å². The van der Waals surface area contributed by atoms with Crippen molar-refractivity contribution in [3.05, 3.63) is 95.3 Å². The molecule has 0 spiro atoms. The molecular weight excluding hydrogens is 427 g/mol. The first kappa shape index (κ1) is 25.7. The number of allylic oxidation sites excluding steroid dienone is 3. The van der Waals surface area contributed by atoms with E-state index < -0.39 is 17.7 Å². The van der Waals surface area contributed by atoms with Crippen LogP contribution in [0.2, 0.25) is 0 Å². The Morgan fingerprint density at radius 3 is 2.27 bits per heavy atom. The highest BCUT2D eigenvalue weighted by atomic mass is 19.4. The van der Waals surface area contributed by atoms with E-state index in [0.717, 1.165) is 29.9 Å². The molecule has 174 valence electrons. The lowest BCUT2D eigenvalue weighted by Crippen LogP contribution is -2.04. The van der Waals surface area contributed by atoms with Crippen LogP contribution in [0.1, 0.15) is 54.5 Å². The molecule has 0 saturated heterocycles. The van der Waals surface area contributed by atoms with Crippen molar-refractivity contribution in [2.75, 3.05) is 0 Å². The second-order valence-corrected chi connectivity index (χ2v) is 7.32. The van der Waals surface area contributed by atoms with Crippen molar-refractivity contribution in [2.45, 2.75) is 40.3 Å². The molecule has 6 heteroatoms. The van der Waals surface area contributed by atoms with Crippen molar-refractivity contribution in [2.24, 2.45) is 0 Å². The number of benzene rings is 2. The van der Waals surface area contributed by atoms with Crippen molar-refractivity contribution in [1.29, 1.82) is 0 Å². The topological polar surface area (TPSA) is 42.2 Å². The number of carboxylic acids is 1. The molecule has 1 aromatic heterocycles. The van der Waals surface area contributed by atoms with Gasteiger partial charge in [-0.3, -0.25) is 0 Å². The molecule has 0 aliphatic rings. The van der Waals surface area contributed by atoms with Crippen LogP contribution >= 0.6 is 0 Å². The van der Waals surface area contributed by atoms with Gasteiger partial charge in [-0.2, -0.15) is 13.2 Å². The summed E-state index contributed by atoms with van der Waals surface area (Å²) in [4.78, 5) is 11.4. The summed E-state index contributed by atoms with van der Waals surface area (Å²) in [5.74, 6) is -1.04. The third-order valence-electron chi connectivity index (χ3n) is 4.99. The molecule has 3 nitrogen and oxygen atoms in total. The molecule has 0 aliphatic carbocycles. The van der Waals surface area contributed by atoms with E-state index in [1.54, 1.807) is 24.3 Å². The molecule has 0 bridgehead atoms. The Kier molecular flexibility index (Phi) is 8.85. The van der Waals surface area contributed by atoms with E-state index in [0.29, 0.717) is 16.8 Å². The number of hydrogen-bond donors (Lipinski definition) is 1. The Hall–Kier alpha value is -3.54. The van der Waals surface area contributed by atoms with Gasteiger partial charge in [-0.05, 0) is 75.2 Å². The van der Waals surface area contributed by atoms with Gasteiger partial charge in [-0.1, -0.05) is 43.4 Å². The summed E-state index contributed by atoms with van der Waals surface area (Å²) in [6, 6.07) is 13.5. The van der Waals surface area contributed by atoms with E-state index in [4.69, 9.17) is 0 Å². The molecule has 0 atom stereocenters. The minimum absolute atomic E-state index is 0.140. The number of nitrogens with zero attached hydrogens (tertiary/aromatic N) is 1. The van der Waals surface area contributed by atoms with Crippen LogP contribution in [0.3, 0.4) is 0 Å². The Bertz CT molecular complexity index is 1150. The molecule has 0 amide bonds. The van der Waals surface area contributed by atoms with Crippen LogP contribution < -0.4 is 0 Å². The largest absolute Gasteiger partial charge is 0.478 e. The predicted octanol–water partition coefficient (Wildman–Crippen LogP) is 8.18. The molecule has 1 N–H and O–H groups in total. The number of alkyl halides is 3. The number of carbonyl (C=O) groups is 1. The van der Waals surface area contributed by atoms with E-state index in [2.05, 4.69) is 0 Å². The number of aromatic carboxylic acids is 1. The van der Waals surface area contributed by atoms with E-state index in [1.165, 1.54) is 12.1 Å². The van der Waals surface area contributed by atoms with E-state index in [1.807, 2.05) is 62.6 Å². The van der Waals surface area contributed by atoms with Gasteiger partial charge >= 0.3 is 12.1 Å². The van der Waals surface area contributed by atoms with Crippen molar-refractivity contribution < 1.29 is 23.1 Å². The zero-order chi connectivity index (χ0) is 24.6. The Morgan fingerprint density at radius 2 is 1.70 bits per heavy atom. The lowest BCUT2D eigenvalue weighted by Gasteiger charge is -2.12. The van der Waals surface area contributed by atoms with Crippen molar-refractivity contribution in [3.8, 4) is 16.8 Å². The first-order valence-electron chi connectivity index (χ1n) is 10.6. The predicted molar refractivity (Wildman–Crippen MR) is 128 cm³/mol. The fourth-order valence-electron chi connectivity index (χ4n) is 3.27. The summed E-state index contributed by atoms with van der Waals surface area (Å²) in [5.41, 5.74) is 2.67. The fraction of sp³-hybridized carbons (Fsp3) is 0.222. The van der Waals surface area contributed by atoms with Gasteiger partial charge in [0.15, 0.2) is 0 Å². The van der Waals surface area contributed by atoms with Crippen LogP contribution in [-0.2, 0) is 6.18 Å². The number of aromatic nitrogens is 1. The minimum Gasteiger partial charge on any atom is -0.478 e. The maximum Gasteiger partial charge on any atom is 0.416 e. The fourth-order valence-corrected chi connectivity index (χ4v) is 3.27. The van der Waals surface area contributed by atoms with Crippen LogP contribution in [0.15, 0.2) is 72.8 Å². The second kappa shape index (κ2) is 11.4. The van der Waals surface area contributed by atoms with Gasteiger partial charge in [0.25, 0.3) is 0 Å². The lowest BCUT2D eigenvalue weighted by molar-refractivity contribution is -0.137. The average molecular weight is 456 g/mol. The summed E-state index contributed by atoms with van der Waals surface area (Å²) >= 11 is 0. The van der Waals surface area contributed by atoms with Crippen LogP contribution in [0, 0.1) is 6.92 Å². The third-order valence-corrected chi connectivity index (χ3v) is 4.99. The molecule has 0 unspecified atom stereocenters. The summed E-state index contributed by atoms with van der Waals surface area (Å²) < 4.78 is 41.3. The summed E-state index contributed by atoms with van der Waals surface area (Å²) in [5, 5.41) is 9.30. The average Bonchev–Trinajstić information content (AvgIpc) is 3.13. The summed E-state index contributed by atoms with van der Waals surface area (Å²) in [6.07, 6.45) is 4.20. The van der Waals surface area contributed by atoms with Gasteiger partial charge in [0, 0.05) is 22.6 Å². The summed E-state index contributed by atoms with van der Waals surface area (Å²) in [6.45, 7) is 7.79. The van der Waals surface area contributed by atoms with Gasteiger partial charge in [-0.15, -0.1) is 0 Å². The number of rotatable bonds is 5. The zero-order valence-corrected chi connectivity index (χ0v) is 19.1. The van der Waals surface area contributed by atoms with Crippen molar-refractivity contribution in [1.82, 2.24) is 4.57 Å². The quantitative estimate of drug-likeness (QED) is 0.394. The molecule has 0 aliphatic heterocycles. The van der Waals surface area contributed by atoms with Crippen molar-refractivity contribution >= 4 is 12.0 Å². The highest BCUT2D eigenvalue weighted by Gasteiger charge is 2.30. The van der Waals surface area contributed by atoms with Crippen molar-refractivity contribution in [3.63, 3.8) is 0 Å². The Morgan fingerprint density at radius 1 is 1.03 bits per heavy atom. The lowest BCUT2D eigenvalue weighted by atomic mass is 10.0. The highest BCUT2D eigenvalue weighted by molar-refractivity contribution is 5.88. The SMILES string of the molecule is C/C=C\C.CC/C=C/c1cc(-c2cccc(C(F)(F)F)c2)c(C)n1-c1cccc(C(=O)O)c1. The summed E-state index contributed by atoms with van der Waals surface area (Å²) in [7, 11) is 0. The maximum atomic E-state index is 13.1. The standard InChI is InChI=1S/C23H20F3NO2.C4H8/c1-3-4-10-20-14-21(16-7-5-9-18(12-16)23(24,25)26)15(2)27(20)19-11-6-8-17(13-19)22(28)29;1-3-4-2/h4-14H,3H2,1-2H3,(H,28,29);3-4H,1-2H3/b10-4+;4-3-. The van der Waals surface area contributed by atoms with E-state index >= 15 is 0 Å². The minimum atomic E-state index is -4.42. The monoisotopic (exact) mass is 455 g/mol. The van der Waals surface area contributed by atoms with Crippen LogP contribution in [-0.4, -0.2) is 15.6 Å². The van der Waals surface area contributed by atoms with Gasteiger partial charge in [-0.25, -0.2) is 4.79 Å². The van der Waals surface area contributed by atoms with Crippen LogP contribution in [0.25, 0.3) is 22.9 Å². The van der Waals surface area contributed by atoms with Crippen LogP contribution in [0.5, 0.6) is 0 Å². The van der Waals surface area contributed by atoms with Crippen LogP contribution in [0.4, 0.5) is 13.2 Å². The van der Waals surface area contributed by atoms with E-state index in [9.17, 15) is 23.1 Å². The normalized spacial score (nSPS) is 11.6. The second-order valence-electron chi connectivity index (χ2n) is 7.32. The molecule has 2 aromatic carbocycles. The molecule has 0 radical (unpaired) electrons. The molecule has 1 heterocycles. The molecule has 3 rings (SSSR count). The molecule has 33 heavy (non-hydrogen) atoms. The maximum absolute atomic E-state index is 13.1. The smallest absolute Gasteiger partial charge is 0.416 e.